The fourth-order valence-electron chi connectivity index (χ4n) is 2.12. The summed E-state index contributed by atoms with van der Waals surface area (Å²) in [5, 5.41) is 3.49. The number of hydrogen-bond acceptors (Lipinski definition) is 4. The molecule has 1 aliphatic rings. The van der Waals surface area contributed by atoms with Crippen molar-refractivity contribution in [1.29, 1.82) is 0 Å². The summed E-state index contributed by atoms with van der Waals surface area (Å²) >= 11 is 0. The van der Waals surface area contributed by atoms with Crippen LogP contribution in [-0.4, -0.2) is 34.8 Å². The number of aromatic nitrogens is 2. The summed E-state index contributed by atoms with van der Waals surface area (Å²) in [6.07, 6.45) is 6.60. The van der Waals surface area contributed by atoms with Gasteiger partial charge in [-0.3, -0.25) is 0 Å². The van der Waals surface area contributed by atoms with Gasteiger partial charge in [-0.25, -0.2) is 4.98 Å². The Morgan fingerprint density at radius 3 is 3.12 bits per heavy atom. The van der Waals surface area contributed by atoms with Gasteiger partial charge in [0.2, 0.25) is 0 Å². The Labute approximate surface area is 102 Å². The second kappa shape index (κ2) is 6.14. The molecule has 1 heterocycles. The third-order valence-electron chi connectivity index (χ3n) is 3.14. The molecule has 1 fully saturated rings. The minimum atomic E-state index is 0.465. The van der Waals surface area contributed by atoms with Gasteiger partial charge in [-0.2, -0.15) is 0 Å². The Bertz CT molecular complexity index is 333. The van der Waals surface area contributed by atoms with E-state index in [1.807, 2.05) is 17.8 Å². The standard InChI is InChI=1S/C12H22N4O/c1-2-17-12-5-10(6-12)14-7-11-8-16(4-3-13)9-15-11/h8-10,12,14H,2-7,13H2,1H3. The van der Waals surface area contributed by atoms with Crippen LogP contribution in [0.2, 0.25) is 0 Å². The molecule has 17 heavy (non-hydrogen) atoms. The molecule has 5 heteroatoms. The van der Waals surface area contributed by atoms with Crippen LogP contribution in [-0.2, 0) is 17.8 Å². The molecule has 2 rings (SSSR count). The Hall–Kier alpha value is -0.910. The minimum Gasteiger partial charge on any atom is -0.378 e. The van der Waals surface area contributed by atoms with Crippen LogP contribution < -0.4 is 11.1 Å². The average Bonchev–Trinajstić information content (AvgIpc) is 2.70. The maximum absolute atomic E-state index is 5.52. The average molecular weight is 238 g/mol. The highest BCUT2D eigenvalue weighted by Gasteiger charge is 2.28. The first kappa shape index (κ1) is 12.5. The molecule has 0 atom stereocenters. The third-order valence-corrected chi connectivity index (χ3v) is 3.14. The molecule has 0 amide bonds. The fourth-order valence-corrected chi connectivity index (χ4v) is 2.12. The maximum atomic E-state index is 5.52. The van der Waals surface area contributed by atoms with Gasteiger partial charge in [0.1, 0.15) is 0 Å². The summed E-state index contributed by atoms with van der Waals surface area (Å²) in [5.74, 6) is 0. The van der Waals surface area contributed by atoms with E-state index in [1.54, 1.807) is 0 Å². The lowest BCUT2D eigenvalue weighted by atomic mass is 9.89. The number of nitrogens with two attached hydrogens (primary N) is 1. The summed E-state index contributed by atoms with van der Waals surface area (Å²) < 4.78 is 7.55. The van der Waals surface area contributed by atoms with E-state index in [9.17, 15) is 0 Å². The van der Waals surface area contributed by atoms with E-state index in [1.165, 1.54) is 0 Å². The van der Waals surface area contributed by atoms with E-state index in [0.717, 1.165) is 38.2 Å². The van der Waals surface area contributed by atoms with Crippen molar-refractivity contribution in [2.24, 2.45) is 5.73 Å². The van der Waals surface area contributed by atoms with Gasteiger partial charge in [-0.1, -0.05) is 0 Å². The zero-order chi connectivity index (χ0) is 12.1. The van der Waals surface area contributed by atoms with E-state index >= 15 is 0 Å². The van der Waals surface area contributed by atoms with Crippen molar-refractivity contribution in [2.75, 3.05) is 13.2 Å². The van der Waals surface area contributed by atoms with Gasteiger partial charge in [0.15, 0.2) is 0 Å². The molecule has 0 aliphatic heterocycles. The summed E-state index contributed by atoms with van der Waals surface area (Å²) in [7, 11) is 0. The lowest BCUT2D eigenvalue weighted by Crippen LogP contribution is -2.45. The second-order valence-electron chi connectivity index (χ2n) is 4.52. The summed E-state index contributed by atoms with van der Waals surface area (Å²) in [6.45, 7) is 5.19. The van der Waals surface area contributed by atoms with E-state index in [4.69, 9.17) is 10.5 Å². The van der Waals surface area contributed by atoms with Crippen molar-refractivity contribution >= 4 is 0 Å². The molecule has 1 aromatic heterocycles. The number of ether oxygens (including phenoxy) is 1. The Kier molecular flexibility index (Phi) is 4.53. The van der Waals surface area contributed by atoms with Gasteiger partial charge in [0.25, 0.3) is 0 Å². The van der Waals surface area contributed by atoms with Crippen molar-refractivity contribution in [1.82, 2.24) is 14.9 Å². The van der Waals surface area contributed by atoms with Crippen molar-refractivity contribution in [3.8, 4) is 0 Å². The number of nitrogens with one attached hydrogen (secondary N) is 1. The van der Waals surface area contributed by atoms with Gasteiger partial charge in [-0.05, 0) is 19.8 Å². The fraction of sp³-hybridized carbons (Fsp3) is 0.750. The first-order chi connectivity index (χ1) is 8.31. The molecule has 0 unspecified atom stereocenters. The lowest BCUT2D eigenvalue weighted by Gasteiger charge is -2.35. The van der Waals surface area contributed by atoms with Crippen LogP contribution in [0.4, 0.5) is 0 Å². The molecule has 0 spiro atoms. The molecule has 1 aliphatic carbocycles. The molecule has 1 aromatic rings. The van der Waals surface area contributed by atoms with E-state index in [-0.39, 0.29) is 0 Å². The quantitative estimate of drug-likeness (QED) is 0.726. The van der Waals surface area contributed by atoms with Crippen LogP contribution in [0.1, 0.15) is 25.5 Å². The zero-order valence-corrected chi connectivity index (χ0v) is 10.4. The molecule has 0 bridgehead atoms. The van der Waals surface area contributed by atoms with Gasteiger partial charge in [-0.15, -0.1) is 0 Å². The highest BCUT2D eigenvalue weighted by atomic mass is 16.5. The molecule has 0 radical (unpaired) electrons. The smallest absolute Gasteiger partial charge is 0.0950 e. The highest BCUT2D eigenvalue weighted by Crippen LogP contribution is 2.23. The largest absolute Gasteiger partial charge is 0.378 e. The zero-order valence-electron chi connectivity index (χ0n) is 10.4. The monoisotopic (exact) mass is 238 g/mol. The van der Waals surface area contributed by atoms with Gasteiger partial charge >= 0.3 is 0 Å². The van der Waals surface area contributed by atoms with Crippen molar-refractivity contribution in [3.63, 3.8) is 0 Å². The molecule has 0 saturated heterocycles. The predicted octanol–water partition coefficient (Wildman–Crippen LogP) is 0.499. The second-order valence-corrected chi connectivity index (χ2v) is 4.52. The Morgan fingerprint density at radius 2 is 2.41 bits per heavy atom. The van der Waals surface area contributed by atoms with Crippen LogP contribution >= 0.6 is 0 Å². The number of nitrogens with zero attached hydrogens (tertiary/aromatic N) is 2. The Morgan fingerprint density at radius 1 is 1.59 bits per heavy atom. The first-order valence-electron chi connectivity index (χ1n) is 6.37. The number of hydrogen-bond donors (Lipinski definition) is 2. The predicted molar refractivity (Wildman–Crippen MR) is 66.6 cm³/mol. The van der Waals surface area contributed by atoms with Crippen LogP contribution in [0.15, 0.2) is 12.5 Å². The highest BCUT2D eigenvalue weighted by molar-refractivity contribution is 4.98. The molecule has 0 aromatic carbocycles. The van der Waals surface area contributed by atoms with Gasteiger partial charge in [0.05, 0.1) is 18.1 Å². The summed E-state index contributed by atoms with van der Waals surface area (Å²) in [6, 6.07) is 0.589. The molecule has 1 saturated carbocycles. The topological polar surface area (TPSA) is 65.1 Å². The summed E-state index contributed by atoms with van der Waals surface area (Å²) in [5.41, 5.74) is 6.57. The van der Waals surface area contributed by atoms with Crippen molar-refractivity contribution in [2.45, 2.75) is 45.0 Å². The first-order valence-corrected chi connectivity index (χ1v) is 6.37. The van der Waals surface area contributed by atoms with Crippen molar-refractivity contribution < 1.29 is 4.74 Å². The van der Waals surface area contributed by atoms with Crippen LogP contribution in [0, 0.1) is 0 Å². The third kappa shape index (κ3) is 3.52. The Balaban J connectivity index is 1.65. The number of rotatable bonds is 7. The van der Waals surface area contributed by atoms with Crippen LogP contribution in [0.3, 0.4) is 0 Å². The normalized spacial score (nSPS) is 23.6. The van der Waals surface area contributed by atoms with E-state index in [0.29, 0.717) is 18.7 Å². The van der Waals surface area contributed by atoms with Crippen LogP contribution in [0.5, 0.6) is 0 Å². The van der Waals surface area contributed by atoms with Gasteiger partial charge in [0, 0.05) is 38.5 Å². The molecular formula is C12H22N4O. The van der Waals surface area contributed by atoms with E-state index < -0.39 is 0 Å². The minimum absolute atomic E-state index is 0.465. The number of imidazole rings is 1. The van der Waals surface area contributed by atoms with Crippen LogP contribution in [0.25, 0.3) is 0 Å². The summed E-state index contributed by atoms with van der Waals surface area (Å²) in [4.78, 5) is 4.33. The van der Waals surface area contributed by atoms with E-state index in [2.05, 4.69) is 16.5 Å². The molecular weight excluding hydrogens is 216 g/mol. The molecule has 96 valence electrons. The molecule has 5 nitrogen and oxygen atoms in total. The van der Waals surface area contributed by atoms with Crippen molar-refractivity contribution in [3.05, 3.63) is 18.2 Å². The molecule has 3 N–H and O–H groups in total. The van der Waals surface area contributed by atoms with Gasteiger partial charge < -0.3 is 20.4 Å². The lowest BCUT2D eigenvalue weighted by molar-refractivity contribution is -0.0103. The SMILES string of the molecule is CCOC1CC(NCc2cn(CCN)cn2)C1. The maximum Gasteiger partial charge on any atom is 0.0950 e.